The van der Waals surface area contributed by atoms with E-state index in [1.807, 2.05) is 43.3 Å². The van der Waals surface area contributed by atoms with Gasteiger partial charge in [-0.2, -0.15) is 5.26 Å². The molecule has 3 heteroatoms. The minimum Gasteiger partial charge on any atom is -0.290 e. The zero-order valence-electron chi connectivity index (χ0n) is 7.66. The van der Waals surface area contributed by atoms with Crippen LogP contribution in [0.3, 0.4) is 0 Å². The topological polar surface area (TPSA) is 27.0 Å². The van der Waals surface area contributed by atoms with Gasteiger partial charge in [-0.1, -0.05) is 18.2 Å². The Balaban J connectivity index is 3.07. The van der Waals surface area contributed by atoms with Gasteiger partial charge in [0, 0.05) is 3.57 Å². The molecule has 0 amide bonds. The minimum atomic E-state index is -0.145. The van der Waals surface area contributed by atoms with Crippen molar-refractivity contribution in [3.8, 4) is 6.07 Å². The molecule has 1 aromatic rings. The third-order valence-electron chi connectivity index (χ3n) is 1.84. The summed E-state index contributed by atoms with van der Waals surface area (Å²) in [6.45, 7) is 0. The van der Waals surface area contributed by atoms with Crippen molar-refractivity contribution >= 4 is 22.6 Å². The predicted molar refractivity (Wildman–Crippen MR) is 61.2 cm³/mol. The lowest BCUT2D eigenvalue weighted by Gasteiger charge is -2.18. The van der Waals surface area contributed by atoms with Crippen LogP contribution >= 0.6 is 22.6 Å². The lowest BCUT2D eigenvalue weighted by molar-refractivity contribution is 0.357. The van der Waals surface area contributed by atoms with Crippen molar-refractivity contribution in [3.63, 3.8) is 0 Å². The van der Waals surface area contributed by atoms with E-state index >= 15 is 0 Å². The van der Waals surface area contributed by atoms with Crippen LogP contribution in [0.15, 0.2) is 24.3 Å². The molecule has 2 nitrogen and oxygen atoms in total. The number of benzene rings is 1. The van der Waals surface area contributed by atoms with Gasteiger partial charge in [-0.3, -0.25) is 4.90 Å². The zero-order chi connectivity index (χ0) is 9.84. The van der Waals surface area contributed by atoms with Crippen LogP contribution in [-0.2, 0) is 0 Å². The van der Waals surface area contributed by atoms with Crippen molar-refractivity contribution in [2.75, 3.05) is 14.1 Å². The molecule has 0 saturated carbocycles. The number of nitrogens with zero attached hydrogens (tertiary/aromatic N) is 2. The molecule has 0 spiro atoms. The Hall–Kier alpha value is -0.600. The van der Waals surface area contributed by atoms with Gasteiger partial charge in [-0.25, -0.2) is 0 Å². The highest BCUT2D eigenvalue weighted by atomic mass is 127. The second kappa shape index (κ2) is 4.58. The van der Waals surface area contributed by atoms with Crippen LogP contribution in [0.2, 0.25) is 0 Å². The van der Waals surface area contributed by atoms with Crippen molar-refractivity contribution in [2.24, 2.45) is 0 Å². The van der Waals surface area contributed by atoms with Crippen molar-refractivity contribution in [3.05, 3.63) is 33.4 Å². The molecular formula is C10H11IN2. The van der Waals surface area contributed by atoms with Crippen LogP contribution in [0, 0.1) is 14.9 Å². The van der Waals surface area contributed by atoms with Crippen LogP contribution in [0.1, 0.15) is 11.6 Å². The summed E-state index contributed by atoms with van der Waals surface area (Å²) in [5.74, 6) is 0. The highest BCUT2D eigenvalue weighted by Gasteiger charge is 2.14. The van der Waals surface area contributed by atoms with Crippen LogP contribution in [0.25, 0.3) is 0 Å². The second-order valence-electron chi connectivity index (χ2n) is 3.02. The molecular weight excluding hydrogens is 275 g/mol. The molecule has 13 heavy (non-hydrogen) atoms. The molecule has 0 radical (unpaired) electrons. The number of rotatable bonds is 2. The molecule has 1 unspecified atom stereocenters. The van der Waals surface area contributed by atoms with E-state index in [1.54, 1.807) is 0 Å². The van der Waals surface area contributed by atoms with Crippen molar-refractivity contribution in [1.29, 1.82) is 5.26 Å². The first-order valence-electron chi connectivity index (χ1n) is 3.97. The van der Waals surface area contributed by atoms with E-state index in [9.17, 15) is 0 Å². The SMILES string of the molecule is CN(C)C(C#N)c1ccccc1I. The minimum absolute atomic E-state index is 0.145. The molecule has 0 heterocycles. The maximum atomic E-state index is 8.98. The molecule has 0 aliphatic heterocycles. The van der Waals surface area contributed by atoms with Crippen molar-refractivity contribution < 1.29 is 0 Å². The first-order chi connectivity index (χ1) is 6.16. The third kappa shape index (κ3) is 2.42. The molecule has 1 aromatic carbocycles. The van der Waals surface area contributed by atoms with E-state index in [2.05, 4.69) is 28.7 Å². The van der Waals surface area contributed by atoms with E-state index in [4.69, 9.17) is 5.26 Å². The Morgan fingerprint density at radius 2 is 2.00 bits per heavy atom. The maximum Gasteiger partial charge on any atom is 0.124 e. The average molecular weight is 286 g/mol. The molecule has 0 bridgehead atoms. The molecule has 0 aliphatic rings. The van der Waals surface area contributed by atoms with Gasteiger partial charge in [0.1, 0.15) is 6.04 Å². The summed E-state index contributed by atoms with van der Waals surface area (Å²) in [5.41, 5.74) is 1.08. The van der Waals surface area contributed by atoms with Gasteiger partial charge >= 0.3 is 0 Å². The van der Waals surface area contributed by atoms with Gasteiger partial charge in [-0.05, 0) is 48.3 Å². The number of nitriles is 1. The van der Waals surface area contributed by atoms with Gasteiger partial charge in [0.15, 0.2) is 0 Å². The summed E-state index contributed by atoms with van der Waals surface area (Å²) in [5, 5.41) is 8.98. The summed E-state index contributed by atoms with van der Waals surface area (Å²) in [6.07, 6.45) is 0. The predicted octanol–water partition coefficient (Wildman–Crippen LogP) is 2.42. The summed E-state index contributed by atoms with van der Waals surface area (Å²) in [6, 6.07) is 10.1. The van der Waals surface area contributed by atoms with Crippen LogP contribution < -0.4 is 0 Å². The van der Waals surface area contributed by atoms with Crippen LogP contribution in [0.4, 0.5) is 0 Å². The quantitative estimate of drug-likeness (QED) is 0.781. The monoisotopic (exact) mass is 286 g/mol. The maximum absolute atomic E-state index is 8.98. The van der Waals surface area contributed by atoms with Crippen LogP contribution in [-0.4, -0.2) is 19.0 Å². The smallest absolute Gasteiger partial charge is 0.124 e. The molecule has 1 atom stereocenters. The van der Waals surface area contributed by atoms with Gasteiger partial charge in [0.25, 0.3) is 0 Å². The lowest BCUT2D eigenvalue weighted by Crippen LogP contribution is -2.19. The average Bonchev–Trinajstić information content (AvgIpc) is 2.09. The van der Waals surface area contributed by atoms with E-state index < -0.39 is 0 Å². The number of halogens is 1. The lowest BCUT2D eigenvalue weighted by atomic mass is 10.1. The third-order valence-corrected chi connectivity index (χ3v) is 2.82. The first kappa shape index (κ1) is 10.5. The molecule has 0 N–H and O–H groups in total. The molecule has 0 aromatic heterocycles. The highest BCUT2D eigenvalue weighted by Crippen LogP contribution is 2.22. The first-order valence-corrected chi connectivity index (χ1v) is 5.05. The molecule has 0 fully saturated rings. The molecule has 68 valence electrons. The van der Waals surface area contributed by atoms with E-state index in [1.165, 1.54) is 0 Å². The Kier molecular flexibility index (Phi) is 3.70. The molecule has 0 saturated heterocycles. The standard InChI is InChI=1S/C10H11IN2/c1-13(2)10(7-12)8-5-3-4-6-9(8)11/h3-6,10H,1-2H3. The fraction of sp³-hybridized carbons (Fsp3) is 0.300. The van der Waals surface area contributed by atoms with E-state index in [-0.39, 0.29) is 6.04 Å². The van der Waals surface area contributed by atoms with Gasteiger partial charge in [0.2, 0.25) is 0 Å². The summed E-state index contributed by atoms with van der Waals surface area (Å²) < 4.78 is 1.14. The largest absolute Gasteiger partial charge is 0.290 e. The van der Waals surface area contributed by atoms with Crippen molar-refractivity contribution in [2.45, 2.75) is 6.04 Å². The highest BCUT2D eigenvalue weighted by molar-refractivity contribution is 14.1. The Bertz CT molecular complexity index is 328. The summed E-state index contributed by atoms with van der Waals surface area (Å²) in [7, 11) is 3.83. The Labute approximate surface area is 92.3 Å². The molecule has 0 aliphatic carbocycles. The number of hydrogen-bond acceptors (Lipinski definition) is 2. The summed E-state index contributed by atoms with van der Waals surface area (Å²) in [4.78, 5) is 1.91. The van der Waals surface area contributed by atoms with Gasteiger partial charge < -0.3 is 0 Å². The van der Waals surface area contributed by atoms with Gasteiger partial charge in [0.05, 0.1) is 6.07 Å². The second-order valence-corrected chi connectivity index (χ2v) is 4.18. The fourth-order valence-corrected chi connectivity index (χ4v) is 1.84. The van der Waals surface area contributed by atoms with Crippen LogP contribution in [0.5, 0.6) is 0 Å². The Morgan fingerprint density at radius 1 is 1.38 bits per heavy atom. The fourth-order valence-electron chi connectivity index (χ4n) is 1.16. The normalized spacial score (nSPS) is 12.5. The summed E-state index contributed by atoms with van der Waals surface area (Å²) >= 11 is 2.25. The zero-order valence-corrected chi connectivity index (χ0v) is 9.82. The Morgan fingerprint density at radius 3 is 2.46 bits per heavy atom. The van der Waals surface area contributed by atoms with Crippen molar-refractivity contribution in [1.82, 2.24) is 4.90 Å². The molecule has 1 rings (SSSR count). The number of hydrogen-bond donors (Lipinski definition) is 0. The van der Waals surface area contributed by atoms with E-state index in [0.717, 1.165) is 9.13 Å². The van der Waals surface area contributed by atoms with Gasteiger partial charge in [-0.15, -0.1) is 0 Å². The van der Waals surface area contributed by atoms with E-state index in [0.29, 0.717) is 0 Å².